The summed E-state index contributed by atoms with van der Waals surface area (Å²) in [5.74, 6) is 0.0197. The van der Waals surface area contributed by atoms with Gasteiger partial charge < -0.3 is 15.1 Å². The van der Waals surface area contributed by atoms with Gasteiger partial charge in [0, 0.05) is 22.8 Å². The van der Waals surface area contributed by atoms with Crippen LogP contribution >= 0.6 is 11.6 Å². The molecule has 3 rings (SSSR count). The van der Waals surface area contributed by atoms with E-state index in [4.69, 9.17) is 11.6 Å². The molecule has 1 aliphatic heterocycles. The minimum Gasteiger partial charge on any atom is -0.360 e. The molecule has 2 N–H and O–H groups in total. The van der Waals surface area contributed by atoms with E-state index in [0.717, 1.165) is 37.4 Å². The molecule has 1 fully saturated rings. The van der Waals surface area contributed by atoms with Crippen molar-refractivity contribution in [3.05, 3.63) is 69.2 Å². The van der Waals surface area contributed by atoms with E-state index < -0.39 is 4.92 Å². The summed E-state index contributed by atoms with van der Waals surface area (Å²) in [5.41, 5.74) is 2.06. The monoisotopic (exact) mass is 403 g/mol. The highest BCUT2D eigenvalue weighted by molar-refractivity contribution is 6.30. The number of nitrogens with zero attached hydrogens (tertiary/aromatic N) is 2. The standard InChI is InChI=1S/C20H23ClN4O3/c1-15(16-3-2-4-17(21)13-16)22-20(26)14-23-9-11-24(12-10-23)18-5-7-19(8-6-18)25(27)28/h2-8,13,15H,9-12,14H2,1H3,(H,22,26)/p+1/t15-/m0/s1. The average molecular weight is 404 g/mol. The van der Waals surface area contributed by atoms with Gasteiger partial charge in [0.2, 0.25) is 0 Å². The number of anilines is 1. The molecule has 0 radical (unpaired) electrons. The summed E-state index contributed by atoms with van der Waals surface area (Å²) < 4.78 is 0. The molecule has 0 bridgehead atoms. The highest BCUT2D eigenvalue weighted by atomic mass is 35.5. The fourth-order valence-electron chi connectivity index (χ4n) is 3.42. The van der Waals surface area contributed by atoms with Gasteiger partial charge in [-0.15, -0.1) is 0 Å². The number of amides is 1. The molecule has 2 aromatic rings. The first-order valence-electron chi connectivity index (χ1n) is 9.30. The number of quaternary nitrogens is 1. The first-order valence-corrected chi connectivity index (χ1v) is 9.68. The second-order valence-electron chi connectivity index (χ2n) is 7.03. The molecule has 0 saturated carbocycles. The number of halogens is 1. The molecule has 0 spiro atoms. The van der Waals surface area contributed by atoms with Crippen molar-refractivity contribution in [2.45, 2.75) is 13.0 Å². The lowest BCUT2D eigenvalue weighted by molar-refractivity contribution is -0.892. The zero-order chi connectivity index (χ0) is 20.1. The molecule has 148 valence electrons. The van der Waals surface area contributed by atoms with Gasteiger partial charge in [-0.1, -0.05) is 23.7 Å². The van der Waals surface area contributed by atoms with Gasteiger partial charge in [0.1, 0.15) is 0 Å². The average Bonchev–Trinajstić information content (AvgIpc) is 2.68. The van der Waals surface area contributed by atoms with Crippen molar-refractivity contribution in [2.75, 3.05) is 37.6 Å². The van der Waals surface area contributed by atoms with Crippen LogP contribution in [0.15, 0.2) is 48.5 Å². The van der Waals surface area contributed by atoms with E-state index in [9.17, 15) is 14.9 Å². The number of carbonyl (C=O) groups excluding carboxylic acids is 1. The van der Waals surface area contributed by atoms with Gasteiger partial charge in [-0.2, -0.15) is 0 Å². The van der Waals surface area contributed by atoms with Gasteiger partial charge in [-0.05, 0) is 36.8 Å². The number of hydrogen-bond donors (Lipinski definition) is 2. The third-order valence-electron chi connectivity index (χ3n) is 5.03. The minimum atomic E-state index is -0.394. The van der Waals surface area contributed by atoms with Crippen molar-refractivity contribution in [2.24, 2.45) is 0 Å². The van der Waals surface area contributed by atoms with E-state index in [2.05, 4.69) is 10.2 Å². The van der Waals surface area contributed by atoms with Crippen LogP contribution in [0.1, 0.15) is 18.5 Å². The predicted octanol–water partition coefficient (Wildman–Crippen LogP) is 1.83. The van der Waals surface area contributed by atoms with Gasteiger partial charge in [0.25, 0.3) is 11.6 Å². The Morgan fingerprint density at radius 1 is 1.25 bits per heavy atom. The van der Waals surface area contributed by atoms with Crippen LogP contribution in [0, 0.1) is 10.1 Å². The van der Waals surface area contributed by atoms with Gasteiger partial charge in [0.15, 0.2) is 6.54 Å². The quantitative estimate of drug-likeness (QED) is 0.569. The maximum Gasteiger partial charge on any atom is 0.275 e. The molecule has 1 amide bonds. The summed E-state index contributed by atoms with van der Waals surface area (Å²) in [6, 6.07) is 14.0. The third kappa shape index (κ3) is 5.21. The maximum atomic E-state index is 12.4. The van der Waals surface area contributed by atoms with E-state index in [1.54, 1.807) is 12.1 Å². The number of benzene rings is 2. The smallest absolute Gasteiger partial charge is 0.275 e. The molecule has 0 aliphatic carbocycles. The Labute approximate surface area is 169 Å². The lowest BCUT2D eigenvalue weighted by atomic mass is 10.1. The Kier molecular flexibility index (Phi) is 6.49. The topological polar surface area (TPSA) is 79.9 Å². The number of hydrogen-bond acceptors (Lipinski definition) is 4. The molecule has 0 unspecified atom stereocenters. The van der Waals surface area contributed by atoms with E-state index in [-0.39, 0.29) is 17.6 Å². The van der Waals surface area contributed by atoms with Gasteiger partial charge >= 0.3 is 0 Å². The summed E-state index contributed by atoms with van der Waals surface area (Å²) in [4.78, 5) is 26.2. The number of piperazine rings is 1. The third-order valence-corrected chi connectivity index (χ3v) is 5.27. The van der Waals surface area contributed by atoms with Crippen LogP contribution in [0.3, 0.4) is 0 Å². The van der Waals surface area contributed by atoms with E-state index >= 15 is 0 Å². The normalized spacial score (nSPS) is 15.9. The molecule has 1 aliphatic rings. The van der Waals surface area contributed by atoms with E-state index in [0.29, 0.717) is 11.6 Å². The highest BCUT2D eigenvalue weighted by Crippen LogP contribution is 2.19. The van der Waals surface area contributed by atoms with Crippen LogP contribution in [0.4, 0.5) is 11.4 Å². The van der Waals surface area contributed by atoms with Crippen molar-refractivity contribution < 1.29 is 14.6 Å². The zero-order valence-electron chi connectivity index (χ0n) is 15.7. The van der Waals surface area contributed by atoms with E-state index in [1.807, 2.05) is 31.2 Å². The van der Waals surface area contributed by atoms with Crippen LogP contribution in [0.5, 0.6) is 0 Å². The number of nitrogens with one attached hydrogen (secondary N) is 2. The molecule has 7 nitrogen and oxygen atoms in total. The highest BCUT2D eigenvalue weighted by Gasteiger charge is 2.23. The van der Waals surface area contributed by atoms with Crippen LogP contribution in [-0.4, -0.2) is 43.6 Å². The van der Waals surface area contributed by atoms with Gasteiger partial charge in [-0.3, -0.25) is 14.9 Å². The number of nitro benzene ring substituents is 1. The maximum absolute atomic E-state index is 12.4. The molecular weight excluding hydrogens is 380 g/mol. The lowest BCUT2D eigenvalue weighted by Gasteiger charge is -2.33. The summed E-state index contributed by atoms with van der Waals surface area (Å²) >= 11 is 6.01. The Balaban J connectivity index is 1.47. The predicted molar refractivity (Wildman–Crippen MR) is 109 cm³/mol. The Hall–Kier alpha value is -2.64. The summed E-state index contributed by atoms with van der Waals surface area (Å²) in [6.45, 7) is 5.69. The van der Waals surface area contributed by atoms with Crippen LogP contribution in [-0.2, 0) is 4.79 Å². The van der Waals surface area contributed by atoms with Crippen molar-refractivity contribution in [3.63, 3.8) is 0 Å². The van der Waals surface area contributed by atoms with Gasteiger partial charge in [-0.25, -0.2) is 0 Å². The summed E-state index contributed by atoms with van der Waals surface area (Å²) in [6.07, 6.45) is 0. The Morgan fingerprint density at radius 2 is 1.93 bits per heavy atom. The molecule has 1 atom stereocenters. The first-order chi connectivity index (χ1) is 13.4. The molecule has 8 heteroatoms. The molecule has 1 heterocycles. The first kappa shape index (κ1) is 20.1. The number of rotatable bonds is 6. The number of carbonyl (C=O) groups is 1. The van der Waals surface area contributed by atoms with E-state index in [1.165, 1.54) is 17.0 Å². The number of non-ortho nitro benzene ring substituents is 1. The molecule has 0 aromatic heterocycles. The SMILES string of the molecule is C[C@H](NC(=O)C[NH+]1CCN(c2ccc([N+](=O)[O-])cc2)CC1)c1cccc(Cl)c1. The molecule has 2 aromatic carbocycles. The van der Waals surface area contributed by atoms with Gasteiger partial charge in [0.05, 0.1) is 37.1 Å². The molecule has 1 saturated heterocycles. The second-order valence-corrected chi connectivity index (χ2v) is 7.47. The fraction of sp³-hybridized carbons (Fsp3) is 0.350. The second kappa shape index (κ2) is 9.03. The lowest BCUT2D eigenvalue weighted by Crippen LogP contribution is -3.15. The Morgan fingerprint density at radius 3 is 2.54 bits per heavy atom. The van der Waals surface area contributed by atoms with Crippen LogP contribution in [0.25, 0.3) is 0 Å². The largest absolute Gasteiger partial charge is 0.360 e. The summed E-state index contributed by atoms with van der Waals surface area (Å²) in [7, 11) is 0. The van der Waals surface area contributed by atoms with Crippen LogP contribution < -0.4 is 15.1 Å². The number of nitro groups is 1. The fourth-order valence-corrected chi connectivity index (χ4v) is 3.62. The van der Waals surface area contributed by atoms with Crippen LogP contribution in [0.2, 0.25) is 5.02 Å². The zero-order valence-corrected chi connectivity index (χ0v) is 16.5. The van der Waals surface area contributed by atoms with Crippen molar-refractivity contribution >= 4 is 28.9 Å². The van der Waals surface area contributed by atoms with Crippen molar-refractivity contribution in [3.8, 4) is 0 Å². The minimum absolute atomic E-state index is 0.0197. The Bertz CT molecular complexity index is 836. The summed E-state index contributed by atoms with van der Waals surface area (Å²) in [5, 5.41) is 14.5. The molecular formula is C20H24ClN4O3+. The van der Waals surface area contributed by atoms with Crippen molar-refractivity contribution in [1.82, 2.24) is 5.32 Å². The van der Waals surface area contributed by atoms with Crippen molar-refractivity contribution in [1.29, 1.82) is 0 Å². The molecule has 28 heavy (non-hydrogen) atoms.